The van der Waals surface area contributed by atoms with Crippen molar-refractivity contribution >= 4 is 33.4 Å². The molecule has 0 radical (unpaired) electrons. The number of nitrogens with zero attached hydrogens (tertiary/aromatic N) is 2. The van der Waals surface area contributed by atoms with Crippen LogP contribution in [0.25, 0.3) is 0 Å². The van der Waals surface area contributed by atoms with Crippen LogP contribution in [0.4, 0.5) is 5.69 Å². The monoisotopic (exact) mass is 430 g/mol. The van der Waals surface area contributed by atoms with Gasteiger partial charge in [0.2, 0.25) is 5.91 Å². The van der Waals surface area contributed by atoms with Crippen LogP contribution in [-0.4, -0.2) is 49.6 Å². The van der Waals surface area contributed by atoms with Gasteiger partial charge in [0.1, 0.15) is 18.4 Å². The highest BCUT2D eigenvalue weighted by Crippen LogP contribution is 2.31. The first-order chi connectivity index (χ1) is 13.1. The fraction of sp³-hybridized carbons (Fsp3) is 0.300. The van der Waals surface area contributed by atoms with Crippen LogP contribution < -0.4 is 9.64 Å². The summed E-state index contributed by atoms with van der Waals surface area (Å²) in [5.74, 6) is 0.324. The second kappa shape index (κ2) is 7.70. The van der Waals surface area contributed by atoms with Gasteiger partial charge in [-0.3, -0.25) is 14.5 Å². The van der Waals surface area contributed by atoms with E-state index in [1.54, 1.807) is 17.0 Å². The summed E-state index contributed by atoms with van der Waals surface area (Å²) in [6, 6.07) is 15.2. The summed E-state index contributed by atoms with van der Waals surface area (Å²) in [6.45, 7) is 1.42. The Labute approximate surface area is 165 Å². The van der Waals surface area contributed by atoms with Gasteiger partial charge in [0.15, 0.2) is 6.61 Å². The van der Waals surface area contributed by atoms with Crippen LogP contribution >= 0.6 is 15.9 Å². The molecule has 1 atom stereocenters. The van der Waals surface area contributed by atoms with Gasteiger partial charge in [-0.15, -0.1) is 0 Å². The van der Waals surface area contributed by atoms with E-state index in [-0.39, 0.29) is 31.1 Å². The van der Waals surface area contributed by atoms with Gasteiger partial charge in [0.05, 0.1) is 18.8 Å². The molecule has 0 spiro atoms. The number of anilines is 1. The van der Waals surface area contributed by atoms with E-state index in [4.69, 9.17) is 9.47 Å². The van der Waals surface area contributed by atoms with Crippen molar-refractivity contribution in [1.29, 1.82) is 0 Å². The summed E-state index contributed by atoms with van der Waals surface area (Å²) in [5.41, 5.74) is 1.67. The molecule has 27 heavy (non-hydrogen) atoms. The molecule has 6 nitrogen and oxygen atoms in total. The van der Waals surface area contributed by atoms with E-state index < -0.39 is 0 Å². The Morgan fingerprint density at radius 1 is 1.15 bits per heavy atom. The lowest BCUT2D eigenvalue weighted by Gasteiger charge is -2.35. The highest BCUT2D eigenvalue weighted by atomic mass is 79.9. The molecule has 0 aromatic heterocycles. The van der Waals surface area contributed by atoms with Crippen molar-refractivity contribution < 1.29 is 19.1 Å². The van der Waals surface area contributed by atoms with E-state index in [0.29, 0.717) is 31.1 Å². The topological polar surface area (TPSA) is 59.1 Å². The molecule has 7 heteroatoms. The number of para-hydroxylation sites is 2. The first kappa shape index (κ1) is 18.0. The van der Waals surface area contributed by atoms with E-state index in [9.17, 15) is 9.59 Å². The summed E-state index contributed by atoms with van der Waals surface area (Å²) < 4.78 is 12.3. The first-order valence-electron chi connectivity index (χ1n) is 8.79. The van der Waals surface area contributed by atoms with E-state index in [1.165, 1.54) is 4.90 Å². The number of carbonyl (C=O) groups excluding carboxylic acids is 2. The minimum absolute atomic E-state index is 0.00621. The highest BCUT2D eigenvalue weighted by Gasteiger charge is 2.31. The maximum atomic E-state index is 12.9. The molecule has 2 aromatic carbocycles. The van der Waals surface area contributed by atoms with E-state index >= 15 is 0 Å². The quantitative estimate of drug-likeness (QED) is 0.750. The molecule has 2 aliphatic rings. The molecule has 0 bridgehead atoms. The molecule has 2 amide bonds. The third-order valence-corrected chi connectivity index (χ3v) is 5.29. The zero-order valence-corrected chi connectivity index (χ0v) is 16.2. The Bertz CT molecular complexity index is 855. The normalized spacial score (nSPS) is 19.4. The average molecular weight is 431 g/mol. The standard InChI is InChI=1S/C20H19BrN2O4/c21-15-7-5-14(6-8-15)18-11-22(9-10-26-18)19(24)12-23-16-3-1-2-4-17(16)27-13-20(23)25/h1-8,18H,9-13H2. The molecular weight excluding hydrogens is 412 g/mol. The SMILES string of the molecule is O=C(CN1C(=O)COc2ccccc21)N1CCOC(c2ccc(Br)cc2)C1. The number of benzene rings is 2. The van der Waals surface area contributed by atoms with Gasteiger partial charge in [-0.1, -0.05) is 40.2 Å². The third-order valence-electron chi connectivity index (χ3n) is 4.76. The van der Waals surface area contributed by atoms with Crippen molar-refractivity contribution in [2.45, 2.75) is 6.10 Å². The zero-order valence-electron chi connectivity index (χ0n) is 14.6. The molecule has 0 saturated carbocycles. The first-order valence-corrected chi connectivity index (χ1v) is 9.58. The Morgan fingerprint density at radius 2 is 1.93 bits per heavy atom. The maximum absolute atomic E-state index is 12.9. The van der Waals surface area contributed by atoms with Crippen molar-refractivity contribution in [1.82, 2.24) is 4.90 Å². The lowest BCUT2D eigenvalue weighted by atomic mass is 10.1. The number of fused-ring (bicyclic) bond motifs is 1. The lowest BCUT2D eigenvalue weighted by molar-refractivity contribution is -0.138. The number of morpholine rings is 1. The maximum Gasteiger partial charge on any atom is 0.265 e. The van der Waals surface area contributed by atoms with E-state index in [0.717, 1.165) is 10.0 Å². The van der Waals surface area contributed by atoms with Crippen LogP contribution in [0.15, 0.2) is 53.0 Å². The summed E-state index contributed by atoms with van der Waals surface area (Å²) in [4.78, 5) is 28.4. The van der Waals surface area contributed by atoms with Crippen LogP contribution in [0.5, 0.6) is 5.75 Å². The van der Waals surface area contributed by atoms with Crippen LogP contribution in [0, 0.1) is 0 Å². The molecule has 1 saturated heterocycles. The number of carbonyl (C=O) groups is 2. The van der Waals surface area contributed by atoms with E-state index in [2.05, 4.69) is 15.9 Å². The fourth-order valence-corrected chi connectivity index (χ4v) is 3.58. The van der Waals surface area contributed by atoms with Crippen molar-refractivity contribution in [2.75, 3.05) is 37.7 Å². The number of ether oxygens (including phenoxy) is 2. The number of halogens is 1. The average Bonchev–Trinajstić information content (AvgIpc) is 2.71. The molecule has 2 aromatic rings. The van der Waals surface area contributed by atoms with Crippen molar-refractivity contribution in [3.05, 3.63) is 58.6 Å². The van der Waals surface area contributed by atoms with Gasteiger partial charge >= 0.3 is 0 Å². The fourth-order valence-electron chi connectivity index (χ4n) is 3.32. The lowest BCUT2D eigenvalue weighted by Crippen LogP contribution is -2.49. The Balaban J connectivity index is 1.46. The molecule has 2 aliphatic heterocycles. The molecule has 0 N–H and O–H groups in total. The van der Waals surface area contributed by atoms with Crippen LogP contribution in [-0.2, 0) is 14.3 Å². The number of hydrogen-bond donors (Lipinski definition) is 0. The van der Waals surface area contributed by atoms with Crippen molar-refractivity contribution in [3.63, 3.8) is 0 Å². The van der Waals surface area contributed by atoms with Crippen LogP contribution in [0.3, 0.4) is 0 Å². The zero-order chi connectivity index (χ0) is 18.8. The van der Waals surface area contributed by atoms with Gasteiger partial charge in [-0.25, -0.2) is 0 Å². The minimum Gasteiger partial charge on any atom is -0.482 e. The van der Waals surface area contributed by atoms with Gasteiger partial charge in [-0.2, -0.15) is 0 Å². The number of rotatable bonds is 3. The van der Waals surface area contributed by atoms with Crippen molar-refractivity contribution in [2.24, 2.45) is 0 Å². The highest BCUT2D eigenvalue weighted by molar-refractivity contribution is 9.10. The molecule has 2 heterocycles. The largest absolute Gasteiger partial charge is 0.482 e. The summed E-state index contributed by atoms with van der Waals surface area (Å²) in [7, 11) is 0. The Morgan fingerprint density at radius 3 is 2.74 bits per heavy atom. The second-order valence-corrected chi connectivity index (χ2v) is 7.40. The second-order valence-electron chi connectivity index (χ2n) is 6.49. The predicted octanol–water partition coefficient (Wildman–Crippen LogP) is 2.77. The predicted molar refractivity (Wildman–Crippen MR) is 104 cm³/mol. The molecule has 1 unspecified atom stereocenters. The third kappa shape index (κ3) is 3.84. The van der Waals surface area contributed by atoms with Gasteiger partial charge in [-0.05, 0) is 29.8 Å². The Hall–Kier alpha value is -2.38. The van der Waals surface area contributed by atoms with Gasteiger partial charge in [0.25, 0.3) is 5.91 Å². The van der Waals surface area contributed by atoms with E-state index in [1.807, 2.05) is 36.4 Å². The Kier molecular flexibility index (Phi) is 5.13. The van der Waals surface area contributed by atoms with Crippen LogP contribution in [0.2, 0.25) is 0 Å². The summed E-state index contributed by atoms with van der Waals surface area (Å²) in [6.07, 6.45) is -0.163. The van der Waals surface area contributed by atoms with Crippen molar-refractivity contribution in [3.8, 4) is 5.75 Å². The van der Waals surface area contributed by atoms with Crippen LogP contribution in [0.1, 0.15) is 11.7 Å². The number of amides is 2. The molecule has 1 fully saturated rings. The van der Waals surface area contributed by atoms with Gasteiger partial charge < -0.3 is 14.4 Å². The molecule has 140 valence electrons. The molecular formula is C20H19BrN2O4. The summed E-state index contributed by atoms with van der Waals surface area (Å²) in [5, 5.41) is 0. The molecule has 4 rings (SSSR count). The number of hydrogen-bond acceptors (Lipinski definition) is 4. The molecule has 0 aliphatic carbocycles. The smallest absolute Gasteiger partial charge is 0.265 e. The summed E-state index contributed by atoms with van der Waals surface area (Å²) >= 11 is 3.43. The van der Waals surface area contributed by atoms with Gasteiger partial charge in [0, 0.05) is 11.0 Å². The minimum atomic E-state index is -0.209.